The zero-order valence-electron chi connectivity index (χ0n) is 16.9. The zero-order valence-corrected chi connectivity index (χ0v) is 17.7. The van der Waals surface area contributed by atoms with Crippen LogP contribution >= 0.6 is 11.8 Å². The van der Waals surface area contributed by atoms with Gasteiger partial charge in [-0.1, -0.05) is 31.3 Å². The molecule has 2 N–H and O–H groups in total. The summed E-state index contributed by atoms with van der Waals surface area (Å²) >= 11 is 1.32. The highest BCUT2D eigenvalue weighted by molar-refractivity contribution is 8.00. The molecular formula is C18H30N6O4S. The molecule has 1 fully saturated rings. The van der Waals surface area contributed by atoms with Crippen LogP contribution in [-0.4, -0.2) is 52.8 Å². The molecule has 0 aromatic heterocycles. The van der Waals surface area contributed by atoms with E-state index in [1.54, 1.807) is 0 Å². The van der Waals surface area contributed by atoms with Crippen LogP contribution in [0.1, 0.15) is 64.7 Å². The van der Waals surface area contributed by atoms with Crippen molar-refractivity contribution in [2.75, 3.05) is 18.8 Å². The van der Waals surface area contributed by atoms with Gasteiger partial charge in [-0.05, 0) is 24.8 Å². The lowest BCUT2D eigenvalue weighted by molar-refractivity contribution is -0.197. The molecule has 2 amide bonds. The topological polar surface area (TPSA) is 151 Å². The van der Waals surface area contributed by atoms with Crippen LogP contribution in [0.15, 0.2) is 10.1 Å². The van der Waals surface area contributed by atoms with Crippen molar-refractivity contribution in [1.82, 2.24) is 5.06 Å². The maximum atomic E-state index is 12.3. The van der Waals surface area contributed by atoms with Crippen molar-refractivity contribution >= 4 is 35.4 Å². The maximum Gasteiger partial charge on any atom is 0.333 e. The molecule has 1 saturated heterocycles. The number of nitrogens with zero attached hydrogens (tertiary/aromatic N) is 5. The predicted octanol–water partition coefficient (Wildman–Crippen LogP) is 3.11. The first-order valence-corrected chi connectivity index (χ1v) is 11.0. The Morgan fingerprint density at radius 2 is 2.00 bits per heavy atom. The van der Waals surface area contributed by atoms with E-state index in [0.29, 0.717) is 55.4 Å². The Morgan fingerprint density at radius 1 is 1.24 bits per heavy atom. The largest absolute Gasteiger partial charge is 0.387 e. The van der Waals surface area contributed by atoms with Gasteiger partial charge in [0.2, 0.25) is 0 Å². The highest BCUT2D eigenvalue weighted by Gasteiger charge is 2.41. The molecule has 0 spiro atoms. The number of carbonyl (C=O) groups is 3. The lowest BCUT2D eigenvalue weighted by Gasteiger charge is -2.13. The third-order valence-corrected chi connectivity index (χ3v) is 5.42. The molecule has 1 aliphatic rings. The summed E-state index contributed by atoms with van der Waals surface area (Å²) in [7, 11) is 0. The molecular weight excluding hydrogens is 396 g/mol. The van der Waals surface area contributed by atoms with Crippen molar-refractivity contribution in [3.63, 3.8) is 0 Å². The third-order valence-electron chi connectivity index (χ3n) is 4.21. The standard InChI is InChI=1S/C18H30N6O4S/c1-2-3-6-10-21-15(19)9-12-29-14-13-16(25)24(18(14)27)28-17(26)8-5-4-7-11-22-23-20/h14H,2-13H2,1H3,(H2,19,21). The van der Waals surface area contributed by atoms with E-state index in [9.17, 15) is 14.4 Å². The summed E-state index contributed by atoms with van der Waals surface area (Å²) in [6.07, 6.45) is 5.80. The number of imide groups is 1. The average molecular weight is 427 g/mol. The van der Waals surface area contributed by atoms with Crippen LogP contribution < -0.4 is 5.73 Å². The van der Waals surface area contributed by atoms with Gasteiger partial charge in [0.05, 0.1) is 17.5 Å². The van der Waals surface area contributed by atoms with Crippen molar-refractivity contribution in [3.8, 4) is 0 Å². The number of carbonyl (C=O) groups excluding carboxylic acids is 3. The Morgan fingerprint density at radius 3 is 2.72 bits per heavy atom. The summed E-state index contributed by atoms with van der Waals surface area (Å²) in [4.78, 5) is 48.1. The van der Waals surface area contributed by atoms with Crippen LogP contribution in [0.5, 0.6) is 0 Å². The van der Waals surface area contributed by atoms with Crippen LogP contribution in [0.2, 0.25) is 0 Å². The third kappa shape index (κ3) is 10.2. The fourth-order valence-electron chi connectivity index (χ4n) is 2.60. The normalized spacial score (nSPS) is 16.8. The fourth-order valence-corrected chi connectivity index (χ4v) is 3.71. The van der Waals surface area contributed by atoms with Crippen molar-refractivity contribution < 1.29 is 19.2 Å². The van der Waals surface area contributed by atoms with Crippen molar-refractivity contribution in [1.29, 1.82) is 0 Å². The number of amidine groups is 1. The molecule has 1 aliphatic heterocycles. The molecule has 0 aliphatic carbocycles. The number of hydrogen-bond acceptors (Lipinski definition) is 7. The van der Waals surface area contributed by atoms with Gasteiger partial charge in [0.1, 0.15) is 0 Å². The van der Waals surface area contributed by atoms with Crippen LogP contribution in [-0.2, 0) is 19.2 Å². The van der Waals surface area contributed by atoms with E-state index in [2.05, 4.69) is 21.9 Å². The monoisotopic (exact) mass is 426 g/mol. The average Bonchev–Trinajstić information content (AvgIpc) is 2.95. The van der Waals surface area contributed by atoms with Crippen molar-refractivity contribution in [2.24, 2.45) is 15.8 Å². The molecule has 1 heterocycles. The smallest absolute Gasteiger partial charge is 0.333 e. The number of unbranched alkanes of at least 4 members (excludes halogenated alkanes) is 4. The van der Waals surface area contributed by atoms with Gasteiger partial charge in [0, 0.05) is 36.6 Å². The van der Waals surface area contributed by atoms with E-state index < -0.39 is 23.0 Å². The number of nitrogens with two attached hydrogens (primary N) is 1. The fraction of sp³-hybridized carbons (Fsp3) is 0.778. The van der Waals surface area contributed by atoms with E-state index in [0.717, 1.165) is 19.3 Å². The Kier molecular flexibility index (Phi) is 12.6. The van der Waals surface area contributed by atoms with Gasteiger partial charge < -0.3 is 10.6 Å². The Bertz CT molecular complexity index is 636. The van der Waals surface area contributed by atoms with Crippen molar-refractivity contribution in [3.05, 3.63) is 10.4 Å². The van der Waals surface area contributed by atoms with E-state index in [1.807, 2.05) is 0 Å². The SMILES string of the molecule is CCCCCN=C(N)CCSC1CC(=O)N(OC(=O)CCCCCN=[N+]=[N-])C1=O. The number of thioether (sulfide) groups is 1. The number of hydroxylamine groups is 2. The second kappa shape index (κ2) is 14.7. The molecule has 11 heteroatoms. The second-order valence-corrected chi connectivity index (χ2v) is 7.96. The summed E-state index contributed by atoms with van der Waals surface area (Å²) in [5.74, 6) is -0.515. The Labute approximate surface area is 175 Å². The van der Waals surface area contributed by atoms with Crippen molar-refractivity contribution in [2.45, 2.75) is 70.0 Å². The number of aliphatic imine (C=N–C) groups is 1. The first kappa shape index (κ1) is 24.8. The first-order valence-electron chi connectivity index (χ1n) is 9.98. The van der Waals surface area contributed by atoms with E-state index in [4.69, 9.17) is 16.1 Å². The summed E-state index contributed by atoms with van der Waals surface area (Å²) < 4.78 is 0. The molecule has 0 aromatic carbocycles. The summed E-state index contributed by atoms with van der Waals surface area (Å²) in [6, 6.07) is 0. The molecule has 1 unspecified atom stereocenters. The lowest BCUT2D eigenvalue weighted by atomic mass is 10.2. The van der Waals surface area contributed by atoms with Gasteiger partial charge in [-0.3, -0.25) is 14.6 Å². The van der Waals surface area contributed by atoms with E-state index in [1.165, 1.54) is 11.8 Å². The minimum atomic E-state index is -0.621. The van der Waals surface area contributed by atoms with Crippen LogP contribution in [0.3, 0.4) is 0 Å². The summed E-state index contributed by atoms with van der Waals surface area (Å²) in [5, 5.41) is 3.43. The molecule has 162 valence electrons. The quantitative estimate of drug-likeness (QED) is 0.0808. The number of amides is 2. The molecule has 1 rings (SSSR count). The minimum Gasteiger partial charge on any atom is -0.387 e. The maximum absolute atomic E-state index is 12.3. The predicted molar refractivity (Wildman–Crippen MR) is 112 cm³/mol. The van der Waals surface area contributed by atoms with Gasteiger partial charge >= 0.3 is 5.97 Å². The van der Waals surface area contributed by atoms with Gasteiger partial charge in [0.25, 0.3) is 11.8 Å². The molecule has 1 atom stereocenters. The minimum absolute atomic E-state index is 0.0104. The van der Waals surface area contributed by atoms with E-state index >= 15 is 0 Å². The van der Waals surface area contributed by atoms with Gasteiger partial charge in [-0.15, -0.1) is 16.8 Å². The number of azide groups is 1. The molecule has 10 nitrogen and oxygen atoms in total. The van der Waals surface area contributed by atoms with Crippen LogP contribution in [0, 0.1) is 0 Å². The molecule has 0 radical (unpaired) electrons. The van der Waals surface area contributed by atoms with Gasteiger partial charge in [-0.25, -0.2) is 4.79 Å². The Balaban J connectivity index is 2.29. The van der Waals surface area contributed by atoms with Crippen LogP contribution in [0.25, 0.3) is 10.4 Å². The molecule has 29 heavy (non-hydrogen) atoms. The zero-order chi connectivity index (χ0) is 21.5. The highest BCUT2D eigenvalue weighted by atomic mass is 32.2. The number of rotatable bonds is 15. The van der Waals surface area contributed by atoms with Crippen LogP contribution in [0.4, 0.5) is 0 Å². The molecule has 0 saturated carbocycles. The van der Waals surface area contributed by atoms with E-state index in [-0.39, 0.29) is 12.8 Å². The second-order valence-electron chi connectivity index (χ2n) is 6.65. The molecule has 0 bridgehead atoms. The Hall–Kier alpha value is -2.26. The van der Waals surface area contributed by atoms with Gasteiger partial charge in [-0.2, -0.15) is 0 Å². The summed E-state index contributed by atoms with van der Waals surface area (Å²) in [5.41, 5.74) is 14.0. The highest BCUT2D eigenvalue weighted by Crippen LogP contribution is 2.26. The molecule has 0 aromatic rings. The first-order chi connectivity index (χ1) is 14.0. The van der Waals surface area contributed by atoms with Gasteiger partial charge in [0.15, 0.2) is 0 Å². The summed E-state index contributed by atoms with van der Waals surface area (Å²) in [6.45, 7) is 3.21. The lowest BCUT2D eigenvalue weighted by Crippen LogP contribution is -2.34. The number of hydrogen-bond donors (Lipinski definition) is 1.